The van der Waals surface area contributed by atoms with Crippen LogP contribution in [0, 0.1) is 13.8 Å². The first-order chi connectivity index (χ1) is 12.7. The van der Waals surface area contributed by atoms with Gasteiger partial charge in [0.25, 0.3) is 0 Å². The molecule has 3 rings (SSSR count). The highest BCUT2D eigenvalue weighted by atomic mass is 35.5. The second kappa shape index (κ2) is 7.50. The Morgan fingerprint density at radius 2 is 1.63 bits per heavy atom. The molecule has 1 amide bonds. The summed E-state index contributed by atoms with van der Waals surface area (Å²) in [6.07, 6.45) is 0. The summed E-state index contributed by atoms with van der Waals surface area (Å²) >= 11 is 6.10. The number of amides is 1. The number of piperazine rings is 1. The van der Waals surface area contributed by atoms with Crippen molar-refractivity contribution in [3.8, 4) is 0 Å². The van der Waals surface area contributed by atoms with E-state index in [4.69, 9.17) is 17.3 Å². The zero-order valence-corrected chi connectivity index (χ0v) is 16.8. The quantitative estimate of drug-likeness (QED) is 0.844. The minimum atomic E-state index is -3.69. The molecule has 0 bridgehead atoms. The largest absolute Gasteiger partial charge is 0.369 e. The molecule has 0 unspecified atom stereocenters. The van der Waals surface area contributed by atoms with E-state index in [-0.39, 0.29) is 10.5 Å². The molecule has 2 aromatic rings. The molecule has 0 spiro atoms. The van der Waals surface area contributed by atoms with E-state index >= 15 is 0 Å². The van der Waals surface area contributed by atoms with E-state index in [1.807, 2.05) is 25.1 Å². The molecule has 0 aromatic heterocycles. The standard InChI is InChI=1S/C19H22ClN3O3S/c1-13-4-6-16(12-17(13)19(21)24)27(25,26)23-9-7-22(8-10-23)18-11-15(20)5-3-14(18)2/h3-6,11-12H,7-10H2,1-2H3,(H2,21,24). The van der Waals surface area contributed by atoms with Crippen molar-refractivity contribution in [3.05, 3.63) is 58.1 Å². The van der Waals surface area contributed by atoms with Crippen LogP contribution in [-0.4, -0.2) is 44.8 Å². The predicted octanol–water partition coefficient (Wildman–Crippen LogP) is 2.57. The van der Waals surface area contributed by atoms with Gasteiger partial charge in [-0.25, -0.2) is 8.42 Å². The Hall–Kier alpha value is -2.09. The Balaban J connectivity index is 1.80. The molecule has 0 saturated carbocycles. The number of nitrogens with two attached hydrogens (primary N) is 1. The molecule has 1 saturated heterocycles. The summed E-state index contributed by atoms with van der Waals surface area (Å²) in [6, 6.07) is 10.2. The lowest BCUT2D eigenvalue weighted by molar-refractivity contribution is 0.0999. The van der Waals surface area contributed by atoms with Crippen LogP contribution in [0.4, 0.5) is 5.69 Å². The molecule has 0 radical (unpaired) electrons. The summed E-state index contributed by atoms with van der Waals surface area (Å²) in [4.78, 5) is 13.8. The fourth-order valence-electron chi connectivity index (χ4n) is 3.27. The summed E-state index contributed by atoms with van der Waals surface area (Å²) in [7, 11) is -3.69. The van der Waals surface area contributed by atoms with Crippen molar-refractivity contribution in [3.63, 3.8) is 0 Å². The van der Waals surface area contributed by atoms with Gasteiger partial charge in [0.2, 0.25) is 15.9 Å². The third-order valence-electron chi connectivity index (χ3n) is 4.86. The minimum Gasteiger partial charge on any atom is -0.369 e. The van der Waals surface area contributed by atoms with Crippen LogP contribution < -0.4 is 10.6 Å². The monoisotopic (exact) mass is 407 g/mol. The predicted molar refractivity (Wildman–Crippen MR) is 107 cm³/mol. The maximum atomic E-state index is 13.0. The first kappa shape index (κ1) is 19.7. The van der Waals surface area contributed by atoms with Crippen LogP contribution >= 0.6 is 11.6 Å². The van der Waals surface area contributed by atoms with Gasteiger partial charge < -0.3 is 10.6 Å². The van der Waals surface area contributed by atoms with E-state index in [1.54, 1.807) is 13.0 Å². The van der Waals surface area contributed by atoms with Gasteiger partial charge in [-0.2, -0.15) is 4.31 Å². The molecule has 8 heteroatoms. The van der Waals surface area contributed by atoms with Gasteiger partial charge in [0, 0.05) is 42.5 Å². The van der Waals surface area contributed by atoms with E-state index in [9.17, 15) is 13.2 Å². The summed E-state index contributed by atoms with van der Waals surface area (Å²) in [5.41, 5.74) is 8.35. The van der Waals surface area contributed by atoms with Gasteiger partial charge in [-0.15, -0.1) is 0 Å². The molecule has 27 heavy (non-hydrogen) atoms. The second-order valence-electron chi connectivity index (χ2n) is 6.66. The number of anilines is 1. The fraction of sp³-hybridized carbons (Fsp3) is 0.316. The number of carbonyl (C=O) groups is 1. The Labute approximate surface area is 164 Å². The van der Waals surface area contributed by atoms with Gasteiger partial charge in [0.1, 0.15) is 0 Å². The summed E-state index contributed by atoms with van der Waals surface area (Å²) in [5.74, 6) is -0.634. The lowest BCUT2D eigenvalue weighted by Gasteiger charge is -2.36. The zero-order valence-electron chi connectivity index (χ0n) is 15.3. The summed E-state index contributed by atoms with van der Waals surface area (Å²) < 4.78 is 27.4. The second-order valence-corrected chi connectivity index (χ2v) is 9.04. The summed E-state index contributed by atoms with van der Waals surface area (Å²) in [6.45, 7) is 5.57. The third kappa shape index (κ3) is 3.95. The third-order valence-corrected chi connectivity index (χ3v) is 6.99. The van der Waals surface area contributed by atoms with Crippen molar-refractivity contribution in [1.29, 1.82) is 0 Å². The topological polar surface area (TPSA) is 83.7 Å². The van der Waals surface area contributed by atoms with Crippen molar-refractivity contribution >= 4 is 33.2 Å². The molecule has 144 valence electrons. The number of nitrogens with zero attached hydrogens (tertiary/aromatic N) is 2. The molecule has 2 N–H and O–H groups in total. The van der Waals surface area contributed by atoms with Crippen LogP contribution in [-0.2, 0) is 10.0 Å². The molecule has 1 aliphatic rings. The number of benzene rings is 2. The van der Waals surface area contributed by atoms with Crippen LogP contribution in [0.15, 0.2) is 41.3 Å². The van der Waals surface area contributed by atoms with E-state index in [0.717, 1.165) is 11.3 Å². The van der Waals surface area contributed by atoms with Gasteiger partial charge in [0.15, 0.2) is 0 Å². The van der Waals surface area contributed by atoms with Crippen molar-refractivity contribution in [1.82, 2.24) is 4.31 Å². The van der Waals surface area contributed by atoms with Gasteiger partial charge >= 0.3 is 0 Å². The number of sulfonamides is 1. The summed E-state index contributed by atoms with van der Waals surface area (Å²) in [5, 5.41) is 0.657. The van der Waals surface area contributed by atoms with E-state index in [1.165, 1.54) is 16.4 Å². The van der Waals surface area contributed by atoms with Crippen molar-refractivity contribution in [2.24, 2.45) is 5.73 Å². The molecule has 6 nitrogen and oxygen atoms in total. The van der Waals surface area contributed by atoms with Gasteiger partial charge in [-0.1, -0.05) is 23.7 Å². The lowest BCUT2D eigenvalue weighted by atomic mass is 10.1. The van der Waals surface area contributed by atoms with Gasteiger partial charge in [0.05, 0.1) is 4.90 Å². The maximum Gasteiger partial charge on any atom is 0.249 e. The number of aryl methyl sites for hydroxylation is 2. The van der Waals surface area contributed by atoms with Crippen molar-refractivity contribution in [2.45, 2.75) is 18.7 Å². The SMILES string of the molecule is Cc1ccc(S(=O)(=O)N2CCN(c3cc(Cl)ccc3C)CC2)cc1C(N)=O. The molecule has 1 aliphatic heterocycles. The average molecular weight is 408 g/mol. The molecular formula is C19H22ClN3O3S. The smallest absolute Gasteiger partial charge is 0.249 e. The van der Waals surface area contributed by atoms with E-state index < -0.39 is 15.9 Å². The molecular weight excluding hydrogens is 386 g/mol. The Kier molecular flexibility index (Phi) is 5.46. The van der Waals surface area contributed by atoms with Crippen molar-refractivity contribution < 1.29 is 13.2 Å². The highest BCUT2D eigenvalue weighted by Gasteiger charge is 2.29. The number of halogens is 1. The van der Waals surface area contributed by atoms with Gasteiger partial charge in [-0.3, -0.25) is 4.79 Å². The van der Waals surface area contributed by atoms with Crippen LogP contribution in [0.5, 0.6) is 0 Å². The molecule has 0 atom stereocenters. The van der Waals surface area contributed by atoms with Gasteiger partial charge in [-0.05, 0) is 49.2 Å². The average Bonchev–Trinajstić information content (AvgIpc) is 2.64. The highest BCUT2D eigenvalue weighted by Crippen LogP contribution is 2.27. The lowest BCUT2D eigenvalue weighted by Crippen LogP contribution is -2.48. The number of hydrogen-bond acceptors (Lipinski definition) is 4. The maximum absolute atomic E-state index is 13.0. The zero-order chi connectivity index (χ0) is 19.8. The number of carbonyl (C=O) groups excluding carboxylic acids is 1. The molecule has 1 heterocycles. The highest BCUT2D eigenvalue weighted by molar-refractivity contribution is 7.89. The van der Waals surface area contributed by atoms with E-state index in [0.29, 0.717) is 36.8 Å². The Morgan fingerprint density at radius 1 is 1.00 bits per heavy atom. The Morgan fingerprint density at radius 3 is 2.26 bits per heavy atom. The number of hydrogen-bond donors (Lipinski definition) is 1. The van der Waals surface area contributed by atoms with Crippen LogP contribution in [0.1, 0.15) is 21.5 Å². The van der Waals surface area contributed by atoms with Crippen molar-refractivity contribution in [2.75, 3.05) is 31.1 Å². The molecule has 0 aliphatic carbocycles. The number of rotatable bonds is 4. The molecule has 2 aromatic carbocycles. The molecule has 1 fully saturated rings. The van der Waals surface area contributed by atoms with Crippen LogP contribution in [0.2, 0.25) is 5.02 Å². The number of primary amides is 1. The minimum absolute atomic E-state index is 0.0919. The fourth-order valence-corrected chi connectivity index (χ4v) is 4.88. The van der Waals surface area contributed by atoms with E-state index in [2.05, 4.69) is 4.90 Å². The normalized spacial score (nSPS) is 15.7. The van der Waals surface area contributed by atoms with Crippen LogP contribution in [0.3, 0.4) is 0 Å². The Bertz CT molecular complexity index is 984. The van der Waals surface area contributed by atoms with Crippen LogP contribution in [0.25, 0.3) is 0 Å². The first-order valence-corrected chi connectivity index (χ1v) is 10.4. The first-order valence-electron chi connectivity index (χ1n) is 8.62.